The van der Waals surface area contributed by atoms with Crippen LogP contribution in [-0.4, -0.2) is 73.2 Å². The number of nitrogens with one attached hydrogen (secondary N) is 1. The molecule has 2 fully saturated rings. The molecule has 1 atom stereocenters. The largest absolute Gasteiger partial charge is 0.369 e. The van der Waals surface area contributed by atoms with Crippen LogP contribution < -0.4 is 5.32 Å². The molecule has 0 unspecified atom stereocenters. The van der Waals surface area contributed by atoms with E-state index in [2.05, 4.69) is 37.9 Å². The van der Waals surface area contributed by atoms with Crippen molar-refractivity contribution in [1.82, 2.24) is 15.1 Å². The van der Waals surface area contributed by atoms with Gasteiger partial charge in [-0.2, -0.15) is 0 Å². The van der Waals surface area contributed by atoms with Crippen LogP contribution in [0.2, 0.25) is 0 Å². The number of amides is 1. The van der Waals surface area contributed by atoms with E-state index < -0.39 is 0 Å². The maximum absolute atomic E-state index is 12.7. The Morgan fingerprint density at radius 3 is 2.43 bits per heavy atom. The van der Waals surface area contributed by atoms with Gasteiger partial charge in [0.15, 0.2) is 0 Å². The number of hydrogen-bond donors (Lipinski definition) is 1. The molecule has 21 heavy (non-hydrogen) atoms. The minimum Gasteiger partial charge on any atom is -0.369 e. The fourth-order valence-corrected chi connectivity index (χ4v) is 3.32. The Hall–Kier alpha value is -0.650. The number of likely N-dealkylation sites (tertiary alicyclic amines) is 1. The Balaban J connectivity index is 1.93. The van der Waals surface area contributed by atoms with Crippen LogP contribution >= 0.6 is 0 Å². The first kappa shape index (κ1) is 16.7. The van der Waals surface area contributed by atoms with Crippen LogP contribution in [0.5, 0.6) is 0 Å². The third-order valence-corrected chi connectivity index (χ3v) is 4.63. The van der Waals surface area contributed by atoms with Gasteiger partial charge in [0.05, 0.1) is 19.2 Å². The lowest BCUT2D eigenvalue weighted by Crippen LogP contribution is -2.72. The van der Waals surface area contributed by atoms with Gasteiger partial charge in [0.1, 0.15) is 5.60 Å². The quantitative estimate of drug-likeness (QED) is 0.820. The van der Waals surface area contributed by atoms with Crippen molar-refractivity contribution in [3.8, 4) is 0 Å². The molecule has 2 saturated heterocycles. The molecule has 2 rings (SSSR count). The lowest BCUT2D eigenvalue weighted by Gasteiger charge is -2.55. The fourth-order valence-electron chi connectivity index (χ4n) is 3.32. The highest BCUT2D eigenvalue weighted by molar-refractivity contribution is 5.82. The van der Waals surface area contributed by atoms with Gasteiger partial charge in [-0.25, -0.2) is 0 Å². The van der Waals surface area contributed by atoms with Gasteiger partial charge >= 0.3 is 0 Å². The molecule has 5 nitrogen and oxygen atoms in total. The zero-order chi connectivity index (χ0) is 15.6. The molecule has 0 aromatic carbocycles. The molecule has 2 aliphatic heterocycles. The van der Waals surface area contributed by atoms with Crippen molar-refractivity contribution in [2.24, 2.45) is 5.92 Å². The summed E-state index contributed by atoms with van der Waals surface area (Å²) in [6.07, 6.45) is 0.887. The summed E-state index contributed by atoms with van der Waals surface area (Å²) in [6.45, 7) is 12.7. The van der Waals surface area contributed by atoms with E-state index in [4.69, 9.17) is 4.74 Å². The number of likely N-dealkylation sites (N-methyl/N-ethyl adjacent to an activating group) is 1. The maximum Gasteiger partial charge on any atom is 0.239 e. The first-order chi connectivity index (χ1) is 9.87. The van der Waals surface area contributed by atoms with E-state index in [0.29, 0.717) is 18.6 Å². The molecule has 0 aliphatic carbocycles. The van der Waals surface area contributed by atoms with E-state index in [1.165, 1.54) is 0 Å². The molecule has 1 N–H and O–H groups in total. The van der Waals surface area contributed by atoms with Gasteiger partial charge < -0.3 is 15.0 Å². The van der Waals surface area contributed by atoms with E-state index in [0.717, 1.165) is 32.6 Å². The second-order valence-corrected chi connectivity index (χ2v) is 7.26. The summed E-state index contributed by atoms with van der Waals surface area (Å²) >= 11 is 0. The van der Waals surface area contributed by atoms with Crippen LogP contribution in [0, 0.1) is 5.92 Å². The Bertz CT molecular complexity index is 365. The molecule has 0 bridgehead atoms. The van der Waals surface area contributed by atoms with Crippen molar-refractivity contribution in [3.05, 3.63) is 0 Å². The molecular formula is C16H31N3O2. The summed E-state index contributed by atoms with van der Waals surface area (Å²) in [5, 5.41) is 3.18. The van der Waals surface area contributed by atoms with Crippen molar-refractivity contribution < 1.29 is 9.53 Å². The first-order valence-corrected chi connectivity index (χ1v) is 8.21. The first-order valence-electron chi connectivity index (χ1n) is 8.21. The molecule has 5 heteroatoms. The van der Waals surface area contributed by atoms with Crippen molar-refractivity contribution in [2.75, 3.05) is 39.8 Å². The summed E-state index contributed by atoms with van der Waals surface area (Å²) in [7, 11) is 1.88. The van der Waals surface area contributed by atoms with Gasteiger partial charge in [0, 0.05) is 25.7 Å². The molecule has 0 aromatic heterocycles. The monoisotopic (exact) mass is 297 g/mol. The van der Waals surface area contributed by atoms with E-state index in [9.17, 15) is 4.79 Å². The van der Waals surface area contributed by atoms with Gasteiger partial charge in [-0.3, -0.25) is 9.69 Å². The number of hydrogen-bond acceptors (Lipinski definition) is 4. The second kappa shape index (κ2) is 6.63. The summed E-state index contributed by atoms with van der Waals surface area (Å²) in [5.41, 5.74) is -0.117. The zero-order valence-electron chi connectivity index (χ0n) is 14.2. The molecular weight excluding hydrogens is 266 g/mol. The summed E-state index contributed by atoms with van der Waals surface area (Å²) in [6, 6.07) is 0.484. The van der Waals surface area contributed by atoms with Crippen molar-refractivity contribution in [3.63, 3.8) is 0 Å². The highest BCUT2D eigenvalue weighted by atomic mass is 16.5. The van der Waals surface area contributed by atoms with Gasteiger partial charge in [-0.05, 0) is 33.2 Å². The minimum atomic E-state index is -0.117. The van der Waals surface area contributed by atoms with Gasteiger partial charge in [-0.1, -0.05) is 13.8 Å². The van der Waals surface area contributed by atoms with Crippen LogP contribution in [0.4, 0.5) is 0 Å². The standard InChI is InChI=1S/C16H31N3O2/c1-12(2)8-14(17-5)15(20)18-6-7-21-16(9-18)10-19(11-16)13(3)4/h12-14,17H,6-11H2,1-5H3/t14-/m1/s1. The summed E-state index contributed by atoms with van der Waals surface area (Å²) in [4.78, 5) is 17.1. The number of carbonyl (C=O) groups is 1. The molecule has 1 amide bonds. The van der Waals surface area contributed by atoms with Crippen LogP contribution in [0.25, 0.3) is 0 Å². The van der Waals surface area contributed by atoms with Gasteiger partial charge in [0.25, 0.3) is 0 Å². The Kier molecular flexibility index (Phi) is 5.28. The van der Waals surface area contributed by atoms with Crippen molar-refractivity contribution in [1.29, 1.82) is 0 Å². The number of rotatable bonds is 5. The average Bonchev–Trinajstić information content (AvgIpc) is 2.41. The Morgan fingerprint density at radius 2 is 1.90 bits per heavy atom. The van der Waals surface area contributed by atoms with E-state index in [1.54, 1.807) is 0 Å². The molecule has 0 aromatic rings. The number of nitrogens with zero attached hydrogens (tertiary/aromatic N) is 2. The molecule has 0 radical (unpaired) electrons. The van der Waals surface area contributed by atoms with Crippen LogP contribution in [0.3, 0.4) is 0 Å². The highest BCUT2D eigenvalue weighted by Crippen LogP contribution is 2.30. The Labute approximate surface area is 129 Å². The lowest BCUT2D eigenvalue weighted by molar-refractivity contribution is -0.195. The fraction of sp³-hybridized carbons (Fsp3) is 0.938. The molecule has 122 valence electrons. The van der Waals surface area contributed by atoms with Crippen LogP contribution in [0.15, 0.2) is 0 Å². The third-order valence-electron chi connectivity index (χ3n) is 4.63. The second-order valence-electron chi connectivity index (χ2n) is 7.26. The van der Waals surface area contributed by atoms with Crippen LogP contribution in [0.1, 0.15) is 34.1 Å². The topological polar surface area (TPSA) is 44.8 Å². The van der Waals surface area contributed by atoms with E-state index in [1.807, 2.05) is 11.9 Å². The normalized spacial score (nSPS) is 23.7. The molecule has 0 saturated carbocycles. The number of ether oxygens (including phenoxy) is 1. The molecule has 2 aliphatic rings. The zero-order valence-corrected chi connectivity index (χ0v) is 14.2. The Morgan fingerprint density at radius 1 is 1.24 bits per heavy atom. The smallest absolute Gasteiger partial charge is 0.239 e. The molecule has 2 heterocycles. The van der Waals surface area contributed by atoms with Gasteiger partial charge in [-0.15, -0.1) is 0 Å². The molecule has 1 spiro atoms. The predicted molar refractivity (Wildman–Crippen MR) is 84.3 cm³/mol. The third kappa shape index (κ3) is 3.76. The predicted octanol–water partition coefficient (Wildman–Crippen LogP) is 0.942. The highest BCUT2D eigenvalue weighted by Gasteiger charge is 2.49. The summed E-state index contributed by atoms with van der Waals surface area (Å²) in [5.74, 6) is 0.749. The lowest BCUT2D eigenvalue weighted by atomic mass is 9.90. The van der Waals surface area contributed by atoms with E-state index >= 15 is 0 Å². The summed E-state index contributed by atoms with van der Waals surface area (Å²) < 4.78 is 6.00. The van der Waals surface area contributed by atoms with Crippen molar-refractivity contribution >= 4 is 5.91 Å². The van der Waals surface area contributed by atoms with E-state index in [-0.39, 0.29) is 17.6 Å². The number of morpholine rings is 1. The average molecular weight is 297 g/mol. The van der Waals surface area contributed by atoms with Gasteiger partial charge in [0.2, 0.25) is 5.91 Å². The SMILES string of the molecule is CN[C@H](CC(C)C)C(=O)N1CCOC2(C1)CN(C(C)C)C2. The van der Waals surface area contributed by atoms with Crippen LogP contribution in [-0.2, 0) is 9.53 Å². The minimum absolute atomic E-state index is 0.0681. The van der Waals surface area contributed by atoms with Crippen molar-refractivity contribution in [2.45, 2.75) is 51.8 Å². The number of carbonyl (C=O) groups excluding carboxylic acids is 1. The maximum atomic E-state index is 12.7.